The van der Waals surface area contributed by atoms with Gasteiger partial charge in [0.1, 0.15) is 31.0 Å². The maximum Gasteiger partial charge on any atom is 0.302 e. The Hall–Kier alpha value is -1.53. The summed E-state index contributed by atoms with van der Waals surface area (Å²) in [7, 11) is 0. The van der Waals surface area contributed by atoms with Crippen LogP contribution in [-0.4, -0.2) is 87.8 Å². The molecule has 0 aromatic heterocycles. The molecule has 1 aliphatic carbocycles. The van der Waals surface area contributed by atoms with Gasteiger partial charge in [0.05, 0.1) is 24.9 Å². The van der Waals surface area contributed by atoms with Crippen molar-refractivity contribution in [2.24, 2.45) is 11.8 Å². The van der Waals surface area contributed by atoms with E-state index in [-0.39, 0.29) is 12.5 Å². The first-order valence-corrected chi connectivity index (χ1v) is 8.63. The third-order valence-corrected chi connectivity index (χ3v) is 4.99. The number of carbonyl (C=O) groups excluding carboxylic acids is 1. The summed E-state index contributed by atoms with van der Waals surface area (Å²) in [6.45, 7) is 0.626. The van der Waals surface area contributed by atoms with Crippen molar-refractivity contribution in [2.45, 2.75) is 50.0 Å². The lowest BCUT2D eigenvalue weighted by Crippen LogP contribution is -2.60. The minimum absolute atomic E-state index is 0.0562. The molecule has 1 saturated heterocycles. The Morgan fingerprint density at radius 1 is 1.15 bits per heavy atom. The van der Waals surface area contributed by atoms with Gasteiger partial charge in [0.2, 0.25) is 6.29 Å². The molecule has 9 atom stereocenters. The molecule has 10 heteroatoms. The summed E-state index contributed by atoms with van der Waals surface area (Å²) < 4.78 is 21.5. The van der Waals surface area contributed by atoms with Crippen LogP contribution in [0.4, 0.5) is 0 Å². The minimum Gasteiger partial charge on any atom is -0.472 e. The number of rotatable bonds is 5. The molecule has 0 aromatic rings. The second-order valence-electron chi connectivity index (χ2n) is 6.78. The van der Waals surface area contributed by atoms with Gasteiger partial charge in [0.25, 0.3) is 0 Å². The molecule has 5 N–H and O–H groups in total. The van der Waals surface area contributed by atoms with E-state index in [9.17, 15) is 30.3 Å². The molecule has 0 radical (unpaired) electrons. The van der Waals surface area contributed by atoms with E-state index in [4.69, 9.17) is 18.9 Å². The van der Waals surface area contributed by atoms with Gasteiger partial charge >= 0.3 is 5.97 Å². The number of carbonyl (C=O) groups is 1. The van der Waals surface area contributed by atoms with Crippen LogP contribution in [0.1, 0.15) is 6.92 Å². The first-order chi connectivity index (χ1) is 12.8. The van der Waals surface area contributed by atoms with Gasteiger partial charge in [-0.15, -0.1) is 0 Å². The monoisotopic (exact) mass is 388 g/mol. The largest absolute Gasteiger partial charge is 0.472 e. The van der Waals surface area contributed by atoms with Crippen LogP contribution in [-0.2, 0) is 23.7 Å². The fraction of sp³-hybridized carbons (Fsp3) is 0.706. The SMILES string of the molecule is CC(=O)OCC1=C[C@@H](O)[C@@H]2C=CO[C@@H](O[C@H]3O[C@@H](CO)[C@@H](O)[C@@H](O)[C@@H]3O)[C@H]12. The molecule has 3 rings (SSSR count). The summed E-state index contributed by atoms with van der Waals surface area (Å²) in [6, 6.07) is 0. The van der Waals surface area contributed by atoms with Gasteiger partial charge in [0.15, 0.2) is 6.29 Å². The highest BCUT2D eigenvalue weighted by Crippen LogP contribution is 2.41. The van der Waals surface area contributed by atoms with Crippen LogP contribution in [0.25, 0.3) is 0 Å². The van der Waals surface area contributed by atoms with Crippen LogP contribution < -0.4 is 0 Å². The molecule has 2 heterocycles. The highest BCUT2D eigenvalue weighted by Gasteiger charge is 2.49. The van der Waals surface area contributed by atoms with Crippen LogP contribution in [0, 0.1) is 11.8 Å². The molecule has 0 aromatic carbocycles. The number of ether oxygens (including phenoxy) is 4. The Kier molecular flexibility index (Phi) is 6.16. The third kappa shape index (κ3) is 4.02. The van der Waals surface area contributed by atoms with E-state index in [2.05, 4.69) is 0 Å². The summed E-state index contributed by atoms with van der Waals surface area (Å²) in [4.78, 5) is 11.1. The van der Waals surface area contributed by atoms with Crippen molar-refractivity contribution in [2.75, 3.05) is 13.2 Å². The Balaban J connectivity index is 1.74. The first-order valence-electron chi connectivity index (χ1n) is 8.63. The van der Waals surface area contributed by atoms with Crippen molar-refractivity contribution >= 4 is 5.97 Å². The lowest BCUT2D eigenvalue weighted by atomic mass is 9.88. The molecule has 0 saturated carbocycles. The van der Waals surface area contributed by atoms with E-state index in [0.717, 1.165) is 0 Å². The predicted octanol–water partition coefficient (Wildman–Crippen LogP) is -2.23. The van der Waals surface area contributed by atoms with Crippen molar-refractivity contribution < 1.29 is 49.3 Å². The Bertz CT molecular complexity index is 603. The van der Waals surface area contributed by atoms with Gasteiger partial charge < -0.3 is 44.5 Å². The van der Waals surface area contributed by atoms with Crippen LogP contribution in [0.2, 0.25) is 0 Å². The molecule has 2 aliphatic heterocycles. The smallest absolute Gasteiger partial charge is 0.302 e. The number of esters is 1. The Labute approximate surface area is 155 Å². The van der Waals surface area contributed by atoms with Gasteiger partial charge in [-0.1, -0.05) is 6.08 Å². The second-order valence-corrected chi connectivity index (χ2v) is 6.78. The van der Waals surface area contributed by atoms with Gasteiger partial charge in [-0.3, -0.25) is 4.79 Å². The highest BCUT2D eigenvalue weighted by molar-refractivity contribution is 5.66. The van der Waals surface area contributed by atoms with Gasteiger partial charge in [-0.2, -0.15) is 0 Å². The molecule has 10 nitrogen and oxygen atoms in total. The molecule has 0 amide bonds. The predicted molar refractivity (Wildman–Crippen MR) is 86.6 cm³/mol. The molecule has 152 valence electrons. The van der Waals surface area contributed by atoms with E-state index >= 15 is 0 Å². The number of aliphatic hydroxyl groups is 5. The van der Waals surface area contributed by atoms with Gasteiger partial charge in [0, 0.05) is 12.8 Å². The standard InChI is InChI=1S/C17H24O10/c1-7(19)25-6-8-4-10(20)9-2-3-24-16(12(8)9)27-17-15(23)14(22)13(21)11(5-18)26-17/h2-4,9-18,20-23H,5-6H2,1H3/t9-,10+,11-,12+,13+,14+,15-,16-,17+/m0/s1. The summed E-state index contributed by atoms with van der Waals surface area (Å²) >= 11 is 0. The normalized spacial score (nSPS) is 43.6. The quantitative estimate of drug-likeness (QED) is 0.258. The molecule has 27 heavy (non-hydrogen) atoms. The van der Waals surface area contributed by atoms with E-state index in [1.807, 2.05) is 0 Å². The van der Waals surface area contributed by atoms with Crippen molar-refractivity contribution in [3.05, 3.63) is 24.0 Å². The van der Waals surface area contributed by atoms with Gasteiger partial charge in [-0.05, 0) is 11.6 Å². The zero-order valence-electron chi connectivity index (χ0n) is 14.6. The maximum atomic E-state index is 11.1. The average molecular weight is 388 g/mol. The summed E-state index contributed by atoms with van der Waals surface area (Å²) in [5.41, 5.74) is 0.585. The number of hydrogen-bond acceptors (Lipinski definition) is 10. The van der Waals surface area contributed by atoms with Crippen molar-refractivity contribution in [3.63, 3.8) is 0 Å². The number of fused-ring (bicyclic) bond motifs is 1. The van der Waals surface area contributed by atoms with Crippen molar-refractivity contribution in [1.82, 2.24) is 0 Å². The van der Waals surface area contributed by atoms with Crippen molar-refractivity contribution in [3.8, 4) is 0 Å². The maximum absolute atomic E-state index is 11.1. The fourth-order valence-electron chi connectivity index (χ4n) is 3.55. The summed E-state index contributed by atoms with van der Waals surface area (Å²) in [5, 5.41) is 49.4. The topological polar surface area (TPSA) is 155 Å². The molecular formula is C17H24O10. The van der Waals surface area contributed by atoms with E-state index in [1.54, 1.807) is 12.2 Å². The molecule has 0 spiro atoms. The fourth-order valence-corrected chi connectivity index (χ4v) is 3.55. The molecule has 3 aliphatic rings. The second kappa shape index (κ2) is 8.23. The number of hydrogen-bond donors (Lipinski definition) is 5. The molecule has 1 fully saturated rings. The van der Waals surface area contributed by atoms with E-state index in [0.29, 0.717) is 5.57 Å². The summed E-state index contributed by atoms with van der Waals surface area (Å²) in [5.74, 6) is -1.39. The van der Waals surface area contributed by atoms with Crippen LogP contribution in [0.15, 0.2) is 24.0 Å². The molecule has 0 unspecified atom stereocenters. The highest BCUT2D eigenvalue weighted by atomic mass is 16.8. The Morgan fingerprint density at radius 3 is 2.56 bits per heavy atom. The van der Waals surface area contributed by atoms with Crippen LogP contribution in [0.3, 0.4) is 0 Å². The minimum atomic E-state index is -1.58. The van der Waals surface area contributed by atoms with E-state index < -0.39 is 61.6 Å². The van der Waals surface area contributed by atoms with Gasteiger partial charge in [-0.25, -0.2) is 0 Å². The molecule has 0 bridgehead atoms. The van der Waals surface area contributed by atoms with Crippen LogP contribution >= 0.6 is 0 Å². The zero-order valence-corrected chi connectivity index (χ0v) is 14.6. The molecular weight excluding hydrogens is 364 g/mol. The Morgan fingerprint density at radius 2 is 1.89 bits per heavy atom. The lowest BCUT2D eigenvalue weighted by molar-refractivity contribution is -0.339. The van der Waals surface area contributed by atoms with E-state index in [1.165, 1.54) is 13.2 Å². The lowest BCUT2D eigenvalue weighted by Gasteiger charge is -2.42. The average Bonchev–Trinajstić information content (AvgIpc) is 2.97. The van der Waals surface area contributed by atoms with Crippen LogP contribution in [0.5, 0.6) is 0 Å². The van der Waals surface area contributed by atoms with Crippen molar-refractivity contribution in [1.29, 1.82) is 0 Å². The number of aliphatic hydroxyl groups excluding tert-OH is 5. The third-order valence-electron chi connectivity index (χ3n) is 4.99. The summed E-state index contributed by atoms with van der Waals surface area (Å²) in [6.07, 6.45) is -4.45. The zero-order chi connectivity index (χ0) is 19.7. The first kappa shape index (κ1) is 20.2.